The van der Waals surface area contributed by atoms with Gasteiger partial charge in [-0.1, -0.05) is 0 Å². The minimum atomic E-state index is -3.96. The second kappa shape index (κ2) is 8.31. The summed E-state index contributed by atoms with van der Waals surface area (Å²) in [6.07, 6.45) is 3.40. The summed E-state index contributed by atoms with van der Waals surface area (Å²) in [6, 6.07) is 17.7. The Morgan fingerprint density at radius 1 is 1.06 bits per heavy atom. The number of aromatic nitrogens is 3. The van der Waals surface area contributed by atoms with E-state index in [4.69, 9.17) is 15.0 Å². The normalized spacial score (nSPS) is 11.5. The van der Waals surface area contributed by atoms with Crippen molar-refractivity contribution >= 4 is 10.0 Å². The van der Waals surface area contributed by atoms with Gasteiger partial charge in [0.05, 0.1) is 35.7 Å². The molecule has 2 aromatic carbocycles. The van der Waals surface area contributed by atoms with Gasteiger partial charge in [-0.25, -0.2) is 18.2 Å². The van der Waals surface area contributed by atoms with Gasteiger partial charge in [0.25, 0.3) is 0 Å². The van der Waals surface area contributed by atoms with Crippen molar-refractivity contribution < 1.29 is 18.3 Å². The molecule has 0 fully saturated rings. The molecule has 3 N–H and O–H groups in total. The summed E-state index contributed by atoms with van der Waals surface area (Å²) in [5.74, 6) is 0.724. The molecule has 0 saturated heterocycles. The number of ether oxygens (including phenoxy) is 1. The number of hydrogen-bond acceptors (Lipinski definition) is 6. The molecule has 0 aliphatic heterocycles. The standard InChI is InChI=1S/C22H20N4O4S/c1-30-19-7-4-15(5-8-19)21-12-20(16-3-2-10-24-13-16)25-26(21)18-6-9-22(31(23,28)29)17(11-18)14-27/h2-13,27H,14H2,1H3,(H2,23,28,29). The topological polar surface area (TPSA) is 120 Å². The minimum absolute atomic E-state index is 0.121. The number of methoxy groups -OCH3 is 1. The first kappa shape index (κ1) is 20.7. The number of pyridine rings is 1. The first-order valence-corrected chi connectivity index (χ1v) is 10.9. The van der Waals surface area contributed by atoms with Crippen molar-refractivity contribution in [2.24, 2.45) is 5.14 Å². The van der Waals surface area contributed by atoms with Crippen LogP contribution in [0.15, 0.2) is 78.0 Å². The molecule has 0 spiro atoms. The number of aliphatic hydroxyl groups is 1. The van der Waals surface area contributed by atoms with Gasteiger partial charge >= 0.3 is 0 Å². The van der Waals surface area contributed by atoms with Crippen LogP contribution in [0.1, 0.15) is 5.56 Å². The predicted molar refractivity (Wildman–Crippen MR) is 116 cm³/mol. The molecule has 4 rings (SSSR count). The Hall–Kier alpha value is -3.53. The maximum atomic E-state index is 11.8. The van der Waals surface area contributed by atoms with E-state index in [9.17, 15) is 13.5 Å². The quantitative estimate of drug-likeness (QED) is 0.479. The van der Waals surface area contributed by atoms with Crippen LogP contribution in [0, 0.1) is 0 Å². The summed E-state index contributed by atoms with van der Waals surface area (Å²) in [4.78, 5) is 4.03. The van der Waals surface area contributed by atoms with E-state index in [0.29, 0.717) is 11.4 Å². The maximum absolute atomic E-state index is 11.8. The highest BCUT2D eigenvalue weighted by atomic mass is 32.2. The van der Waals surface area contributed by atoms with E-state index in [1.165, 1.54) is 6.07 Å². The molecule has 0 unspecified atom stereocenters. The van der Waals surface area contributed by atoms with Crippen molar-refractivity contribution in [3.63, 3.8) is 0 Å². The maximum Gasteiger partial charge on any atom is 0.238 e. The number of sulfonamides is 1. The van der Waals surface area contributed by atoms with Gasteiger partial charge in [-0.05, 0) is 66.2 Å². The summed E-state index contributed by atoms with van der Waals surface area (Å²) < 4.78 is 30.6. The van der Waals surface area contributed by atoms with E-state index in [1.807, 2.05) is 42.5 Å². The fourth-order valence-corrected chi connectivity index (χ4v) is 4.05. The highest BCUT2D eigenvalue weighted by molar-refractivity contribution is 7.89. The average Bonchev–Trinajstić information content (AvgIpc) is 3.24. The SMILES string of the molecule is COc1ccc(-c2cc(-c3cccnc3)nn2-c2ccc(S(N)(=O)=O)c(CO)c2)cc1. The van der Waals surface area contributed by atoms with Gasteiger partial charge in [0.15, 0.2) is 0 Å². The van der Waals surface area contributed by atoms with Crippen LogP contribution in [0.5, 0.6) is 5.75 Å². The van der Waals surface area contributed by atoms with Crippen LogP contribution in [-0.2, 0) is 16.6 Å². The van der Waals surface area contributed by atoms with Crippen LogP contribution in [0.4, 0.5) is 0 Å². The summed E-state index contributed by atoms with van der Waals surface area (Å²) in [5, 5.41) is 19.7. The predicted octanol–water partition coefficient (Wildman–Crippen LogP) is 2.75. The molecular formula is C22H20N4O4S. The Balaban J connectivity index is 1.91. The molecule has 2 heterocycles. The lowest BCUT2D eigenvalue weighted by Crippen LogP contribution is -2.15. The van der Waals surface area contributed by atoms with Crippen molar-refractivity contribution in [3.8, 4) is 34.0 Å². The Morgan fingerprint density at radius 2 is 1.84 bits per heavy atom. The Labute approximate surface area is 179 Å². The number of benzene rings is 2. The molecule has 4 aromatic rings. The van der Waals surface area contributed by atoms with E-state index >= 15 is 0 Å². The molecule has 31 heavy (non-hydrogen) atoms. The van der Waals surface area contributed by atoms with Crippen LogP contribution >= 0.6 is 0 Å². The number of nitrogens with two attached hydrogens (primary N) is 1. The lowest BCUT2D eigenvalue weighted by Gasteiger charge is -2.12. The second-order valence-electron chi connectivity index (χ2n) is 6.79. The smallest absolute Gasteiger partial charge is 0.238 e. The van der Waals surface area contributed by atoms with Crippen molar-refractivity contribution in [3.05, 3.63) is 78.6 Å². The summed E-state index contributed by atoms with van der Waals surface area (Å²) in [6.45, 7) is -0.478. The van der Waals surface area contributed by atoms with Crippen molar-refractivity contribution in [1.82, 2.24) is 14.8 Å². The Kier molecular flexibility index (Phi) is 5.55. The Bertz CT molecular complexity index is 1320. The van der Waals surface area contributed by atoms with Gasteiger partial charge in [0.1, 0.15) is 5.75 Å². The van der Waals surface area contributed by atoms with Crippen LogP contribution in [0.25, 0.3) is 28.2 Å². The molecule has 0 bridgehead atoms. The number of primary sulfonamides is 1. The van der Waals surface area contributed by atoms with E-state index in [1.54, 1.807) is 36.3 Å². The number of aliphatic hydroxyl groups excluding tert-OH is 1. The third-order valence-electron chi connectivity index (χ3n) is 4.82. The molecule has 0 radical (unpaired) electrons. The van der Waals surface area contributed by atoms with Crippen LogP contribution < -0.4 is 9.88 Å². The fraction of sp³-hybridized carbons (Fsp3) is 0.0909. The van der Waals surface area contributed by atoms with Crippen molar-refractivity contribution in [1.29, 1.82) is 0 Å². The molecule has 0 atom stereocenters. The molecule has 8 nitrogen and oxygen atoms in total. The highest BCUT2D eigenvalue weighted by Gasteiger charge is 2.18. The van der Waals surface area contributed by atoms with Gasteiger partial charge in [-0.2, -0.15) is 5.10 Å². The molecule has 0 aliphatic carbocycles. The largest absolute Gasteiger partial charge is 0.497 e. The zero-order valence-corrected chi connectivity index (χ0v) is 17.5. The van der Waals surface area contributed by atoms with Gasteiger partial charge in [0, 0.05) is 23.5 Å². The molecule has 0 saturated carbocycles. The van der Waals surface area contributed by atoms with Gasteiger partial charge in [-0.15, -0.1) is 0 Å². The zero-order chi connectivity index (χ0) is 22.0. The number of hydrogen-bond donors (Lipinski definition) is 2. The van der Waals surface area contributed by atoms with E-state index in [0.717, 1.165) is 22.6 Å². The molecule has 0 aliphatic rings. The van der Waals surface area contributed by atoms with Crippen LogP contribution in [-0.4, -0.2) is 35.4 Å². The van der Waals surface area contributed by atoms with Gasteiger partial charge in [0.2, 0.25) is 10.0 Å². The zero-order valence-electron chi connectivity index (χ0n) is 16.6. The molecule has 9 heteroatoms. The second-order valence-corrected chi connectivity index (χ2v) is 8.32. The monoisotopic (exact) mass is 436 g/mol. The molecular weight excluding hydrogens is 416 g/mol. The van der Waals surface area contributed by atoms with Gasteiger partial charge < -0.3 is 9.84 Å². The van der Waals surface area contributed by atoms with Gasteiger partial charge in [-0.3, -0.25) is 4.98 Å². The summed E-state index contributed by atoms with van der Waals surface area (Å²) >= 11 is 0. The highest BCUT2D eigenvalue weighted by Crippen LogP contribution is 2.30. The summed E-state index contributed by atoms with van der Waals surface area (Å²) in [5.41, 5.74) is 3.95. The number of rotatable bonds is 6. The lowest BCUT2D eigenvalue weighted by atomic mass is 10.1. The third-order valence-corrected chi connectivity index (χ3v) is 5.83. The minimum Gasteiger partial charge on any atom is -0.497 e. The number of nitrogens with zero attached hydrogens (tertiary/aromatic N) is 3. The molecule has 2 aromatic heterocycles. The molecule has 158 valence electrons. The molecule has 0 amide bonds. The lowest BCUT2D eigenvalue weighted by molar-refractivity contribution is 0.278. The van der Waals surface area contributed by atoms with Crippen molar-refractivity contribution in [2.45, 2.75) is 11.5 Å². The average molecular weight is 436 g/mol. The van der Waals surface area contributed by atoms with Crippen molar-refractivity contribution in [2.75, 3.05) is 7.11 Å². The van der Waals surface area contributed by atoms with Crippen LogP contribution in [0.3, 0.4) is 0 Å². The van der Waals surface area contributed by atoms with E-state index < -0.39 is 16.6 Å². The van der Waals surface area contributed by atoms with E-state index in [-0.39, 0.29) is 10.5 Å². The van der Waals surface area contributed by atoms with E-state index in [2.05, 4.69) is 4.98 Å². The summed E-state index contributed by atoms with van der Waals surface area (Å²) in [7, 11) is -2.36. The third kappa shape index (κ3) is 4.19. The fourth-order valence-electron chi connectivity index (χ4n) is 3.30. The first-order chi connectivity index (χ1) is 14.9. The first-order valence-electron chi connectivity index (χ1n) is 9.32. The Morgan fingerprint density at radius 3 is 2.45 bits per heavy atom. The van der Waals surface area contributed by atoms with Crippen LogP contribution in [0.2, 0.25) is 0 Å².